The van der Waals surface area contributed by atoms with Crippen LogP contribution in [0.1, 0.15) is 0 Å². The Bertz CT molecular complexity index is 6.85. The molecule has 0 radical (unpaired) electrons. The van der Waals surface area contributed by atoms with E-state index in [1.165, 1.54) is 0 Å². The van der Waals surface area contributed by atoms with Crippen LogP contribution >= 0.6 is 0 Å². The molecule has 0 amide bonds. The number of hydrogen-bond donors (Lipinski definition) is 0. The van der Waals surface area contributed by atoms with Gasteiger partial charge in [-0.3, -0.25) is 0 Å². The number of rotatable bonds is 0. The van der Waals surface area contributed by atoms with E-state index in [0.717, 1.165) is 0 Å². The predicted molar refractivity (Wildman–Crippen MR) is 10.1 cm³/mol. The summed E-state index contributed by atoms with van der Waals surface area (Å²) in [5.41, 5.74) is 0. The molecule has 0 aliphatic carbocycles. The molecule has 5 heteroatoms. The Balaban J connectivity index is 0. The average molecular weight is 184 g/mol. The van der Waals surface area contributed by atoms with Crippen molar-refractivity contribution in [2.75, 3.05) is 0 Å². The summed E-state index contributed by atoms with van der Waals surface area (Å²) in [5, 5.41) is 0. The minimum Gasteiger partial charge on any atom is -3.00 e. The van der Waals surface area contributed by atoms with Gasteiger partial charge in [0.15, 0.2) is 0 Å². The van der Waals surface area contributed by atoms with Crippen molar-refractivity contribution in [1.82, 2.24) is 0 Å². The largest absolute Gasteiger partial charge is 5.00 e. The summed E-state index contributed by atoms with van der Waals surface area (Å²) in [6.45, 7) is 0. The Morgan fingerprint density at radius 1 is 0.600 bits per heavy atom. The monoisotopic (exact) mass is 183 g/mol. The summed E-state index contributed by atoms with van der Waals surface area (Å²) < 4.78 is 0. The Kier molecular flexibility index (Phi) is 1110. The molecule has 0 heterocycles. The molecule has 5 heavy (non-hydrogen) atoms. The van der Waals surface area contributed by atoms with Crippen LogP contribution in [-0.2, 0) is 44.8 Å². The summed E-state index contributed by atoms with van der Waals surface area (Å²) in [6.07, 6.45) is 0. The Hall–Kier alpha value is 1.35. The molecule has 0 aliphatic heterocycles. The maximum atomic E-state index is 0. The second-order valence-corrected chi connectivity index (χ2v) is 0. The fourth-order valence-electron chi connectivity index (χ4n) is 0. The van der Waals surface area contributed by atoms with Gasteiger partial charge in [0.25, 0.3) is 0 Å². The van der Waals surface area contributed by atoms with Crippen LogP contribution in [0.4, 0.5) is 0 Å². The molecule has 0 saturated heterocycles. The van der Waals surface area contributed by atoms with Crippen molar-refractivity contribution < 1.29 is 44.8 Å². The minimum absolute atomic E-state index is 0. The third-order valence-corrected chi connectivity index (χ3v) is 0. The van der Waals surface area contributed by atoms with Gasteiger partial charge in [0, 0.05) is 0 Å². The fourth-order valence-corrected chi connectivity index (χ4v) is 0. The van der Waals surface area contributed by atoms with Gasteiger partial charge in [-0.05, 0) is 0 Å². The van der Waals surface area contributed by atoms with Gasteiger partial charge in [-0.15, -0.1) is 0 Å². The first-order chi connectivity index (χ1) is 0. The standard InChI is InChI=1S/3N.V.Zr/q3*-3;+5;+4. The molecule has 0 unspecified atom stereocenters. The molecular weight excluding hydrogens is 184 g/mol. The van der Waals surface area contributed by atoms with Crippen LogP contribution in [-0.4, -0.2) is 0 Å². The smallest absolute Gasteiger partial charge is 3.00 e. The van der Waals surface area contributed by atoms with E-state index >= 15 is 0 Å². The van der Waals surface area contributed by atoms with Crippen molar-refractivity contribution in [2.24, 2.45) is 0 Å². The van der Waals surface area contributed by atoms with Crippen LogP contribution in [0, 0.1) is 0 Å². The third-order valence-electron chi connectivity index (χ3n) is 0. The van der Waals surface area contributed by atoms with Crippen LogP contribution in [0.5, 0.6) is 0 Å². The quantitative estimate of drug-likeness (QED) is 0.534. The first-order valence-electron chi connectivity index (χ1n) is 0. The molecule has 0 spiro atoms. The number of nitrogens with zero attached hydrogens (tertiary/aromatic N) is 3. The van der Waals surface area contributed by atoms with E-state index in [4.69, 9.17) is 0 Å². The Morgan fingerprint density at radius 2 is 0.600 bits per heavy atom. The Morgan fingerprint density at radius 3 is 0.600 bits per heavy atom. The SMILES string of the molecule is [N-3].[N-3].[N-3].[V+5].[Zr+4]. The second kappa shape index (κ2) is 55.7. The molecule has 0 fully saturated rings. The fraction of sp³-hybridized carbons (Fsp3) is 0. The van der Waals surface area contributed by atoms with E-state index in [1.54, 1.807) is 0 Å². The summed E-state index contributed by atoms with van der Waals surface area (Å²) in [6, 6.07) is 0. The zero-order valence-electron chi connectivity index (χ0n) is 2.29. The van der Waals surface area contributed by atoms with E-state index in [9.17, 15) is 0 Å². The van der Waals surface area contributed by atoms with Crippen LogP contribution < -0.4 is 0 Å². The zero-order chi connectivity index (χ0) is 0. The molecule has 3 nitrogen and oxygen atoms in total. The van der Waals surface area contributed by atoms with Gasteiger partial charge in [0.05, 0.1) is 0 Å². The maximum Gasteiger partial charge on any atom is 5.00 e. The van der Waals surface area contributed by atoms with Gasteiger partial charge in [-0.2, -0.15) is 0 Å². The second-order valence-electron chi connectivity index (χ2n) is 0. The normalized spacial score (nSPS) is 0. The van der Waals surface area contributed by atoms with Crippen molar-refractivity contribution in [3.8, 4) is 0 Å². The zero-order valence-corrected chi connectivity index (χ0v) is 6.14. The van der Waals surface area contributed by atoms with Gasteiger partial charge in [-0.1, -0.05) is 0 Å². The van der Waals surface area contributed by atoms with Crippen LogP contribution in [0.15, 0.2) is 0 Å². The van der Waals surface area contributed by atoms with Crippen molar-refractivity contribution in [1.29, 1.82) is 0 Å². The summed E-state index contributed by atoms with van der Waals surface area (Å²) in [5.74, 6) is 0. The van der Waals surface area contributed by atoms with Crippen LogP contribution in [0.3, 0.4) is 0 Å². The van der Waals surface area contributed by atoms with E-state index in [2.05, 4.69) is 0 Å². The van der Waals surface area contributed by atoms with Crippen molar-refractivity contribution in [3.05, 3.63) is 18.5 Å². The van der Waals surface area contributed by atoms with E-state index in [1.807, 2.05) is 0 Å². The van der Waals surface area contributed by atoms with Gasteiger partial charge in [0.2, 0.25) is 0 Å². The van der Waals surface area contributed by atoms with Gasteiger partial charge >= 0.3 is 44.8 Å². The molecule has 0 rings (SSSR count). The molecule has 0 aromatic heterocycles. The van der Waals surface area contributed by atoms with Crippen molar-refractivity contribution in [2.45, 2.75) is 0 Å². The van der Waals surface area contributed by atoms with Gasteiger partial charge in [-0.25, -0.2) is 0 Å². The molecule has 0 aromatic carbocycles. The predicted octanol–water partition coefficient (Wildman–Crippen LogP) is 0.861. The van der Waals surface area contributed by atoms with Crippen LogP contribution in [0.25, 0.3) is 18.5 Å². The molecule has 0 saturated carbocycles. The van der Waals surface area contributed by atoms with E-state index in [0.29, 0.717) is 0 Å². The topological polar surface area (TPSA) is 91.5 Å². The first kappa shape index (κ1) is 100.0. The summed E-state index contributed by atoms with van der Waals surface area (Å²) >= 11 is 0. The summed E-state index contributed by atoms with van der Waals surface area (Å²) in [4.78, 5) is 0. The molecule has 0 atom stereocenters. The van der Waals surface area contributed by atoms with Crippen molar-refractivity contribution in [3.63, 3.8) is 0 Å². The number of hydrogen-bond acceptors (Lipinski definition) is 0. The minimum atomic E-state index is 0. The molecule has 0 aromatic rings. The first-order valence-corrected chi connectivity index (χ1v) is 0. The summed E-state index contributed by atoms with van der Waals surface area (Å²) in [7, 11) is 0. The van der Waals surface area contributed by atoms with E-state index in [-0.39, 0.29) is 63.2 Å². The molecular formula is N3VZr. The Labute approximate surface area is 63.0 Å². The molecule has 0 N–H and O–H groups in total. The van der Waals surface area contributed by atoms with E-state index < -0.39 is 0 Å². The van der Waals surface area contributed by atoms with Gasteiger partial charge in [0.1, 0.15) is 0 Å². The van der Waals surface area contributed by atoms with Crippen LogP contribution in [0.2, 0.25) is 0 Å². The molecule has 0 bridgehead atoms. The van der Waals surface area contributed by atoms with Gasteiger partial charge < -0.3 is 18.5 Å². The third kappa shape index (κ3) is 33.0. The maximum absolute atomic E-state index is 0. The molecule has 24 valence electrons. The average Bonchev–Trinajstić information content (AvgIpc) is 0. The van der Waals surface area contributed by atoms with Crippen molar-refractivity contribution >= 4 is 0 Å². The molecule has 0 aliphatic rings.